The van der Waals surface area contributed by atoms with E-state index in [0.29, 0.717) is 15.0 Å². The average Bonchev–Trinajstić information content (AvgIpc) is 3.71. The minimum Gasteiger partial charge on any atom is -0.453 e. The highest BCUT2D eigenvalue weighted by molar-refractivity contribution is 9.10. The lowest BCUT2D eigenvalue weighted by molar-refractivity contribution is 0.321. The lowest BCUT2D eigenvalue weighted by Gasteiger charge is -2.31. The second-order valence-electron chi connectivity index (χ2n) is 12.3. The van der Waals surface area contributed by atoms with Crippen molar-refractivity contribution in [2.45, 2.75) is 58.8 Å². The molecule has 0 saturated heterocycles. The number of nitrogens with one attached hydrogen (secondary N) is 1. The number of aromatic amines is 1. The van der Waals surface area contributed by atoms with Crippen LogP contribution >= 0.6 is 39.0 Å². The highest BCUT2D eigenvalue weighted by Gasteiger charge is 2.34. The molecular formula is C35H38BrF2N3O2S2. The standard InChI is InChI=1S/C35H38BrF2N3O2S2/c1-5-22-8-6-9-23(18-22)35(4,14-7-13-34(2,3)21-44-17-16-42)33-41-40-32(45-33)26-19-24(10-11-27(26)37)43-31-28(38)20-29-25(30(31)36)12-15-39-29/h6,8-12,15,18-20,39,42H,5,7,13-14,16-17,21H2,1-4H3. The number of hydrogen-bond acceptors (Lipinski definition) is 6. The normalized spacial score (nSPS) is 13.3. The molecule has 5 aromatic rings. The first-order valence-corrected chi connectivity index (χ1v) is 17.9. The summed E-state index contributed by atoms with van der Waals surface area (Å²) in [6.07, 6.45) is 5.50. The molecule has 0 fully saturated rings. The Morgan fingerprint density at radius 2 is 1.84 bits per heavy atom. The topological polar surface area (TPSA) is 71.0 Å². The van der Waals surface area contributed by atoms with Crippen molar-refractivity contribution < 1.29 is 18.6 Å². The first kappa shape index (κ1) is 33.6. The van der Waals surface area contributed by atoms with E-state index < -0.39 is 17.0 Å². The summed E-state index contributed by atoms with van der Waals surface area (Å²) < 4.78 is 36.7. The van der Waals surface area contributed by atoms with Gasteiger partial charge in [0.25, 0.3) is 0 Å². The zero-order chi connectivity index (χ0) is 32.2. The van der Waals surface area contributed by atoms with E-state index in [1.54, 1.807) is 24.0 Å². The van der Waals surface area contributed by atoms with Gasteiger partial charge in [-0.25, -0.2) is 8.78 Å². The van der Waals surface area contributed by atoms with Crippen LogP contribution in [0.5, 0.6) is 11.5 Å². The van der Waals surface area contributed by atoms with Crippen LogP contribution in [0.4, 0.5) is 8.78 Å². The summed E-state index contributed by atoms with van der Waals surface area (Å²) in [6, 6.07) is 16.2. The number of rotatable bonds is 14. The lowest BCUT2D eigenvalue weighted by Crippen LogP contribution is -2.25. The van der Waals surface area contributed by atoms with E-state index in [4.69, 9.17) is 4.74 Å². The first-order valence-electron chi connectivity index (χ1n) is 15.1. The van der Waals surface area contributed by atoms with Gasteiger partial charge in [-0.05, 0) is 88.7 Å². The number of thioether (sulfide) groups is 1. The number of fused-ring (bicyclic) bond motifs is 1. The van der Waals surface area contributed by atoms with E-state index in [2.05, 4.69) is 83.1 Å². The summed E-state index contributed by atoms with van der Waals surface area (Å²) in [5, 5.41) is 20.3. The SMILES string of the molecule is CCc1cccc(C(C)(CCCC(C)(C)CSCCO)c2nnc(-c3cc(Oc4c(F)cc5[nH]ccc5c4Br)ccc3F)s2)c1. The molecule has 0 amide bonds. The summed E-state index contributed by atoms with van der Waals surface area (Å²) in [5.41, 5.74) is 3.00. The predicted molar refractivity (Wildman–Crippen MR) is 186 cm³/mol. The van der Waals surface area contributed by atoms with Gasteiger partial charge in [0.15, 0.2) is 16.6 Å². The Bertz CT molecular complexity index is 1770. The molecule has 1 unspecified atom stereocenters. The molecule has 2 N–H and O–H groups in total. The third-order valence-corrected chi connectivity index (χ3v) is 11.7. The molecule has 10 heteroatoms. The predicted octanol–water partition coefficient (Wildman–Crippen LogP) is 10.3. The number of aryl methyl sites for hydroxylation is 1. The van der Waals surface area contributed by atoms with E-state index in [0.717, 1.165) is 53.1 Å². The van der Waals surface area contributed by atoms with Gasteiger partial charge in [0.2, 0.25) is 0 Å². The van der Waals surface area contributed by atoms with Gasteiger partial charge in [-0.15, -0.1) is 10.2 Å². The molecule has 0 aliphatic rings. The third kappa shape index (κ3) is 7.62. The van der Waals surface area contributed by atoms with Gasteiger partial charge in [-0.2, -0.15) is 11.8 Å². The quantitative estimate of drug-likeness (QED) is 0.112. The Kier molecular flexibility index (Phi) is 10.7. The Balaban J connectivity index is 1.44. The molecule has 0 aliphatic carbocycles. The molecule has 45 heavy (non-hydrogen) atoms. The maximum Gasteiger partial charge on any atom is 0.177 e. The highest BCUT2D eigenvalue weighted by atomic mass is 79.9. The van der Waals surface area contributed by atoms with Crippen LogP contribution in [0.15, 0.2) is 65.3 Å². The van der Waals surface area contributed by atoms with Crippen LogP contribution in [0, 0.1) is 17.0 Å². The van der Waals surface area contributed by atoms with Crippen LogP contribution in [0.25, 0.3) is 21.5 Å². The van der Waals surface area contributed by atoms with Crippen LogP contribution in [0.2, 0.25) is 0 Å². The van der Waals surface area contributed by atoms with Gasteiger partial charge in [0.1, 0.15) is 16.6 Å². The Morgan fingerprint density at radius 3 is 2.62 bits per heavy atom. The number of ether oxygens (including phenoxy) is 1. The molecule has 0 aliphatic heterocycles. The molecule has 0 saturated carbocycles. The number of hydrogen-bond donors (Lipinski definition) is 2. The van der Waals surface area contributed by atoms with Crippen LogP contribution in [0.3, 0.4) is 0 Å². The zero-order valence-corrected chi connectivity index (χ0v) is 29.1. The Hall–Kier alpha value is -2.79. The molecule has 0 spiro atoms. The largest absolute Gasteiger partial charge is 0.453 e. The molecule has 238 valence electrons. The fourth-order valence-electron chi connectivity index (χ4n) is 5.53. The maximum absolute atomic E-state index is 15.3. The van der Waals surface area contributed by atoms with Crippen molar-refractivity contribution in [3.05, 3.63) is 93.0 Å². The van der Waals surface area contributed by atoms with Crippen molar-refractivity contribution >= 4 is 49.9 Å². The smallest absolute Gasteiger partial charge is 0.177 e. The van der Waals surface area contributed by atoms with E-state index in [9.17, 15) is 9.50 Å². The Morgan fingerprint density at radius 1 is 1.02 bits per heavy atom. The van der Waals surface area contributed by atoms with E-state index in [1.165, 1.54) is 35.1 Å². The van der Waals surface area contributed by atoms with Crippen molar-refractivity contribution in [1.82, 2.24) is 15.2 Å². The fraction of sp³-hybridized carbons (Fsp3) is 0.371. The molecule has 3 aromatic carbocycles. The number of aliphatic hydroxyl groups excluding tert-OH is 1. The van der Waals surface area contributed by atoms with Crippen LogP contribution < -0.4 is 4.74 Å². The van der Waals surface area contributed by atoms with Crippen molar-refractivity contribution in [1.29, 1.82) is 0 Å². The molecule has 5 nitrogen and oxygen atoms in total. The number of benzene rings is 3. The molecular weight excluding hydrogens is 676 g/mol. The second-order valence-corrected chi connectivity index (χ2v) is 15.2. The number of halogens is 3. The molecule has 2 heterocycles. The van der Waals surface area contributed by atoms with Gasteiger partial charge in [0, 0.05) is 34.3 Å². The summed E-state index contributed by atoms with van der Waals surface area (Å²) >= 11 is 6.62. The molecule has 2 aromatic heterocycles. The summed E-state index contributed by atoms with van der Waals surface area (Å²) in [4.78, 5) is 2.99. The van der Waals surface area contributed by atoms with Gasteiger partial charge >= 0.3 is 0 Å². The van der Waals surface area contributed by atoms with Crippen LogP contribution in [-0.2, 0) is 11.8 Å². The summed E-state index contributed by atoms with van der Waals surface area (Å²) in [6.45, 7) is 9.08. The number of nitrogens with zero attached hydrogens (tertiary/aromatic N) is 2. The van der Waals surface area contributed by atoms with Gasteiger partial charge in [0.05, 0.1) is 16.6 Å². The van der Waals surface area contributed by atoms with Gasteiger partial charge in [-0.1, -0.05) is 62.8 Å². The van der Waals surface area contributed by atoms with Crippen LogP contribution in [0.1, 0.15) is 63.1 Å². The number of aliphatic hydroxyl groups is 1. The van der Waals surface area contributed by atoms with Crippen LogP contribution in [-0.4, -0.2) is 38.4 Å². The van der Waals surface area contributed by atoms with Crippen molar-refractivity contribution in [2.24, 2.45) is 5.41 Å². The molecule has 5 rings (SSSR count). The van der Waals surface area contributed by atoms with Crippen molar-refractivity contribution in [3.8, 4) is 22.1 Å². The van der Waals surface area contributed by atoms with Crippen molar-refractivity contribution in [2.75, 3.05) is 18.1 Å². The highest BCUT2D eigenvalue weighted by Crippen LogP contribution is 2.43. The average molecular weight is 715 g/mol. The van der Waals surface area contributed by atoms with E-state index in [1.807, 2.05) is 6.07 Å². The fourth-order valence-corrected chi connectivity index (χ4v) is 8.17. The molecule has 0 bridgehead atoms. The minimum absolute atomic E-state index is 0.0266. The van der Waals surface area contributed by atoms with E-state index >= 15 is 4.39 Å². The zero-order valence-electron chi connectivity index (χ0n) is 25.9. The molecule has 1 atom stereocenters. The number of H-pyrrole nitrogens is 1. The van der Waals surface area contributed by atoms with Crippen molar-refractivity contribution in [3.63, 3.8) is 0 Å². The minimum atomic E-state index is -0.541. The third-order valence-electron chi connectivity index (χ3n) is 8.22. The van der Waals surface area contributed by atoms with Gasteiger partial charge < -0.3 is 14.8 Å². The molecule has 0 radical (unpaired) electrons. The first-order chi connectivity index (χ1) is 21.5. The summed E-state index contributed by atoms with van der Waals surface area (Å²) in [7, 11) is 0. The van der Waals surface area contributed by atoms with Gasteiger partial charge in [-0.3, -0.25) is 0 Å². The monoisotopic (exact) mass is 713 g/mol. The second kappa shape index (κ2) is 14.3. The number of aromatic nitrogens is 3. The lowest BCUT2D eigenvalue weighted by atomic mass is 9.76. The maximum atomic E-state index is 15.3. The van der Waals surface area contributed by atoms with E-state index in [-0.39, 0.29) is 29.1 Å². The Labute approximate surface area is 280 Å². The summed E-state index contributed by atoms with van der Waals surface area (Å²) in [5.74, 6) is 1.05.